The van der Waals surface area contributed by atoms with E-state index in [2.05, 4.69) is 19.7 Å². The topological polar surface area (TPSA) is 26.0 Å². The summed E-state index contributed by atoms with van der Waals surface area (Å²) in [5, 5.41) is 0. The van der Waals surface area contributed by atoms with E-state index >= 15 is 0 Å². The molecule has 0 atom stereocenters. The van der Waals surface area contributed by atoms with Crippen molar-refractivity contribution in [3.63, 3.8) is 0 Å². The largest absolute Gasteiger partial charge is 0.398 e. The smallest absolute Gasteiger partial charge is 0.0387 e. The van der Waals surface area contributed by atoms with Gasteiger partial charge in [0.15, 0.2) is 0 Å². The molecule has 0 aliphatic heterocycles. The quantitative estimate of drug-likeness (QED) is 0.770. The van der Waals surface area contributed by atoms with Crippen molar-refractivity contribution in [2.45, 2.75) is 0 Å². The summed E-state index contributed by atoms with van der Waals surface area (Å²) < 4.78 is 0. The highest BCUT2D eigenvalue weighted by Gasteiger charge is 1.89. The molecule has 2 aromatic rings. The predicted octanol–water partition coefficient (Wildman–Crippen LogP) is 4.88. The number of hydrogen-bond acceptors (Lipinski definition) is 1. The van der Waals surface area contributed by atoms with E-state index in [1.165, 1.54) is 0 Å². The molecule has 0 amide bonds. The van der Waals surface area contributed by atoms with Gasteiger partial charge in [0.05, 0.1) is 0 Å². The summed E-state index contributed by atoms with van der Waals surface area (Å²) in [6, 6.07) is 15.6. The molecule has 96 valence electrons. The van der Waals surface area contributed by atoms with E-state index in [4.69, 9.17) is 5.73 Å². The summed E-state index contributed by atoms with van der Waals surface area (Å²) in [4.78, 5) is 0. The molecule has 0 bridgehead atoms. The van der Waals surface area contributed by atoms with Crippen LogP contribution in [0.5, 0.6) is 0 Å². The predicted molar refractivity (Wildman–Crippen MR) is 87.6 cm³/mol. The van der Waals surface area contributed by atoms with E-state index in [0.29, 0.717) is 0 Å². The average molecular weight is 249 g/mol. The van der Waals surface area contributed by atoms with Gasteiger partial charge in [0.2, 0.25) is 0 Å². The van der Waals surface area contributed by atoms with E-state index in [-0.39, 0.29) is 0 Å². The lowest BCUT2D eigenvalue weighted by Crippen LogP contribution is -1.86. The van der Waals surface area contributed by atoms with Crippen LogP contribution >= 0.6 is 0 Å². The normalized spacial score (nSPS) is 8.84. The van der Waals surface area contributed by atoms with Crippen molar-refractivity contribution in [1.82, 2.24) is 0 Å². The highest BCUT2D eigenvalue weighted by molar-refractivity contribution is 5.63. The van der Waals surface area contributed by atoms with Crippen molar-refractivity contribution in [3.05, 3.63) is 85.0 Å². The molecule has 2 aromatic carbocycles. The van der Waals surface area contributed by atoms with Gasteiger partial charge in [-0.1, -0.05) is 80.4 Å². The Kier molecular flexibility index (Phi) is 5.90. The maximum atomic E-state index is 5.56. The molecule has 1 heteroatoms. The Labute approximate surface area is 115 Å². The highest BCUT2D eigenvalue weighted by Crippen LogP contribution is 2.10. The molecule has 1 nitrogen and oxygen atoms in total. The lowest BCUT2D eigenvalue weighted by molar-refractivity contribution is 1.62. The zero-order valence-electron chi connectivity index (χ0n) is 11.0. The first-order chi connectivity index (χ1) is 9.22. The minimum Gasteiger partial charge on any atom is -0.398 e. The fraction of sp³-hybridized carbons (Fsp3) is 0. The molecule has 0 unspecified atom stereocenters. The van der Waals surface area contributed by atoms with Gasteiger partial charge in [-0.15, -0.1) is 0 Å². The summed E-state index contributed by atoms with van der Waals surface area (Å²) in [5.74, 6) is 0. The molecule has 0 saturated carbocycles. The van der Waals surface area contributed by atoms with Crippen LogP contribution in [0.3, 0.4) is 0 Å². The van der Waals surface area contributed by atoms with Crippen LogP contribution in [0.1, 0.15) is 16.7 Å². The third-order valence-corrected chi connectivity index (χ3v) is 2.65. The molecule has 0 spiro atoms. The fourth-order valence-electron chi connectivity index (χ4n) is 1.58. The van der Waals surface area contributed by atoms with E-state index < -0.39 is 0 Å². The zero-order valence-corrected chi connectivity index (χ0v) is 11.0. The summed E-state index contributed by atoms with van der Waals surface area (Å²) >= 11 is 0. The zero-order chi connectivity index (χ0) is 14.1. The third-order valence-electron chi connectivity index (χ3n) is 2.65. The molecule has 0 fully saturated rings. The van der Waals surface area contributed by atoms with Crippen molar-refractivity contribution in [3.8, 4) is 0 Å². The first-order valence-electron chi connectivity index (χ1n) is 6.03. The lowest BCUT2D eigenvalue weighted by atomic mass is 10.1. The van der Waals surface area contributed by atoms with Gasteiger partial charge in [-0.05, 0) is 22.8 Å². The maximum absolute atomic E-state index is 5.56. The van der Waals surface area contributed by atoms with Crippen LogP contribution in [0.4, 0.5) is 5.69 Å². The summed E-state index contributed by atoms with van der Waals surface area (Å²) in [5.41, 5.74) is 9.62. The average Bonchev–Trinajstić information content (AvgIpc) is 2.48. The second-order valence-electron chi connectivity index (χ2n) is 3.87. The molecule has 0 heterocycles. The molecule has 19 heavy (non-hydrogen) atoms. The van der Waals surface area contributed by atoms with Gasteiger partial charge < -0.3 is 5.73 Å². The van der Waals surface area contributed by atoms with Crippen LogP contribution < -0.4 is 5.73 Å². The van der Waals surface area contributed by atoms with Crippen molar-refractivity contribution in [1.29, 1.82) is 0 Å². The Bertz CT molecular complexity index is 540. The monoisotopic (exact) mass is 249 g/mol. The van der Waals surface area contributed by atoms with Crippen molar-refractivity contribution in [2.24, 2.45) is 0 Å². The number of para-hydroxylation sites is 1. The minimum absolute atomic E-state index is 0.785. The summed E-state index contributed by atoms with van der Waals surface area (Å²) in [6.07, 6.45) is 5.41. The van der Waals surface area contributed by atoms with E-state index in [9.17, 15) is 0 Å². The maximum Gasteiger partial charge on any atom is 0.0387 e. The Balaban J connectivity index is 0.000000191. The molecule has 0 radical (unpaired) electrons. The second-order valence-corrected chi connectivity index (χ2v) is 3.87. The fourth-order valence-corrected chi connectivity index (χ4v) is 1.58. The third kappa shape index (κ3) is 4.32. The minimum atomic E-state index is 0.785. The highest BCUT2D eigenvalue weighted by atomic mass is 14.5. The molecule has 2 rings (SSSR count). The number of hydrogen-bond donors (Lipinski definition) is 1. The molecular formula is C18H19N. The second kappa shape index (κ2) is 7.72. The SMILES string of the molecule is C=Cc1ccccc1C=C.C=Cc1ccccc1N. The van der Waals surface area contributed by atoms with Crippen LogP contribution in [0.2, 0.25) is 0 Å². The van der Waals surface area contributed by atoms with Gasteiger partial charge in [0.1, 0.15) is 0 Å². The first kappa shape index (κ1) is 14.5. The molecule has 0 saturated heterocycles. The van der Waals surface area contributed by atoms with Gasteiger partial charge in [-0.3, -0.25) is 0 Å². The molecule has 0 aromatic heterocycles. The molecule has 0 aliphatic carbocycles. The van der Waals surface area contributed by atoms with Crippen LogP contribution in [-0.2, 0) is 0 Å². The van der Waals surface area contributed by atoms with E-state index in [1.807, 2.05) is 60.7 Å². The van der Waals surface area contributed by atoms with Gasteiger partial charge in [0, 0.05) is 5.69 Å². The van der Waals surface area contributed by atoms with Crippen LogP contribution in [-0.4, -0.2) is 0 Å². The number of nitrogen functional groups attached to an aromatic ring is 1. The first-order valence-corrected chi connectivity index (χ1v) is 6.03. The molecule has 2 N–H and O–H groups in total. The Morgan fingerprint density at radius 1 is 0.632 bits per heavy atom. The van der Waals surface area contributed by atoms with Crippen molar-refractivity contribution < 1.29 is 0 Å². The molecule has 0 aliphatic rings. The van der Waals surface area contributed by atoms with Crippen LogP contribution in [0.15, 0.2) is 68.3 Å². The van der Waals surface area contributed by atoms with Gasteiger partial charge in [-0.25, -0.2) is 0 Å². The Morgan fingerprint density at radius 3 is 1.32 bits per heavy atom. The molecular weight excluding hydrogens is 230 g/mol. The van der Waals surface area contributed by atoms with Crippen LogP contribution in [0, 0.1) is 0 Å². The number of nitrogens with two attached hydrogens (primary N) is 1. The van der Waals surface area contributed by atoms with E-state index in [0.717, 1.165) is 22.4 Å². The standard InChI is InChI=1S/C10H10.C8H9N/c1-3-9-7-5-6-8-10(9)4-2;1-2-7-5-3-4-6-8(7)9/h3-8H,1-2H2;2-6H,1,9H2. The van der Waals surface area contributed by atoms with Gasteiger partial charge in [-0.2, -0.15) is 0 Å². The number of benzene rings is 2. The Morgan fingerprint density at radius 2 is 1.00 bits per heavy atom. The Hall–Kier alpha value is -2.54. The summed E-state index contributed by atoms with van der Waals surface area (Å²) in [6.45, 7) is 11.0. The van der Waals surface area contributed by atoms with Gasteiger partial charge in [0.25, 0.3) is 0 Å². The van der Waals surface area contributed by atoms with Crippen LogP contribution in [0.25, 0.3) is 18.2 Å². The summed E-state index contributed by atoms with van der Waals surface area (Å²) in [7, 11) is 0. The van der Waals surface area contributed by atoms with Crippen molar-refractivity contribution >= 4 is 23.9 Å². The van der Waals surface area contributed by atoms with Crippen molar-refractivity contribution in [2.75, 3.05) is 5.73 Å². The number of rotatable bonds is 3. The van der Waals surface area contributed by atoms with E-state index in [1.54, 1.807) is 6.08 Å². The number of anilines is 1. The van der Waals surface area contributed by atoms with Gasteiger partial charge >= 0.3 is 0 Å². The lowest BCUT2D eigenvalue weighted by Gasteiger charge is -1.96.